The SMILES string of the molecule is CCOC(=O)C(Cc1ccc(-c2ccc(CC(NC(=O)OC(C)(C)C)C(=O)OCC)cc2)cc1)NC(=O)OC(C)(C)C. The van der Waals surface area contributed by atoms with Crippen LogP contribution in [0.4, 0.5) is 9.59 Å². The van der Waals surface area contributed by atoms with Crippen LogP contribution in [0.2, 0.25) is 0 Å². The van der Waals surface area contributed by atoms with Crippen LogP contribution in [0.3, 0.4) is 0 Å². The molecule has 0 aliphatic heterocycles. The van der Waals surface area contributed by atoms with Crippen LogP contribution in [0.5, 0.6) is 0 Å². The second-order valence-corrected chi connectivity index (χ2v) is 11.7. The van der Waals surface area contributed by atoms with E-state index in [2.05, 4.69) is 10.6 Å². The lowest BCUT2D eigenvalue weighted by Gasteiger charge is -2.23. The molecule has 2 aromatic carbocycles. The molecule has 0 aliphatic rings. The minimum Gasteiger partial charge on any atom is -0.464 e. The van der Waals surface area contributed by atoms with Crippen molar-refractivity contribution >= 4 is 24.1 Å². The summed E-state index contributed by atoms with van der Waals surface area (Å²) in [6.07, 6.45) is -0.915. The molecule has 42 heavy (non-hydrogen) atoms. The van der Waals surface area contributed by atoms with Crippen molar-refractivity contribution in [1.29, 1.82) is 0 Å². The maximum atomic E-state index is 12.5. The molecule has 0 saturated heterocycles. The summed E-state index contributed by atoms with van der Waals surface area (Å²) in [6, 6.07) is 13.4. The Morgan fingerprint density at radius 2 is 0.905 bits per heavy atom. The largest absolute Gasteiger partial charge is 0.464 e. The Hall–Kier alpha value is -4.08. The third-order valence-corrected chi connectivity index (χ3v) is 5.65. The Labute approximate surface area is 248 Å². The van der Waals surface area contributed by atoms with Gasteiger partial charge in [0, 0.05) is 12.8 Å². The third kappa shape index (κ3) is 12.2. The Kier molecular flexibility index (Phi) is 12.4. The highest BCUT2D eigenvalue weighted by atomic mass is 16.6. The van der Waals surface area contributed by atoms with Crippen molar-refractivity contribution in [2.24, 2.45) is 0 Å². The summed E-state index contributed by atoms with van der Waals surface area (Å²) in [4.78, 5) is 49.6. The molecule has 2 amide bonds. The maximum absolute atomic E-state index is 12.5. The third-order valence-electron chi connectivity index (χ3n) is 5.65. The molecule has 2 atom stereocenters. The lowest BCUT2D eigenvalue weighted by atomic mass is 9.98. The molecule has 0 spiro atoms. The first-order valence-corrected chi connectivity index (χ1v) is 14.1. The van der Waals surface area contributed by atoms with E-state index in [0.717, 1.165) is 22.3 Å². The van der Waals surface area contributed by atoms with E-state index < -0.39 is 47.4 Å². The minimum atomic E-state index is -0.897. The fourth-order valence-electron chi connectivity index (χ4n) is 3.91. The van der Waals surface area contributed by atoms with Crippen LogP contribution in [-0.2, 0) is 41.4 Å². The molecular weight excluding hydrogens is 540 g/mol. The molecule has 2 unspecified atom stereocenters. The van der Waals surface area contributed by atoms with E-state index in [4.69, 9.17) is 18.9 Å². The van der Waals surface area contributed by atoms with Gasteiger partial charge in [-0.25, -0.2) is 19.2 Å². The number of alkyl carbamates (subject to hydrolysis) is 2. The van der Waals surface area contributed by atoms with E-state index in [1.54, 1.807) is 55.4 Å². The van der Waals surface area contributed by atoms with Gasteiger partial charge < -0.3 is 29.6 Å². The zero-order valence-electron chi connectivity index (χ0n) is 25.9. The summed E-state index contributed by atoms with van der Waals surface area (Å²) in [5.41, 5.74) is 2.13. The topological polar surface area (TPSA) is 129 Å². The minimum absolute atomic E-state index is 0.192. The molecule has 0 saturated carbocycles. The van der Waals surface area contributed by atoms with Gasteiger partial charge in [-0.1, -0.05) is 48.5 Å². The zero-order chi connectivity index (χ0) is 31.5. The molecule has 0 aliphatic carbocycles. The number of benzene rings is 2. The number of rotatable bonds is 11. The van der Waals surface area contributed by atoms with Crippen molar-refractivity contribution in [3.63, 3.8) is 0 Å². The second kappa shape index (κ2) is 15.2. The Balaban J connectivity index is 2.12. The Bertz CT molecular complexity index is 1100. The monoisotopic (exact) mass is 584 g/mol. The van der Waals surface area contributed by atoms with Gasteiger partial charge in [-0.15, -0.1) is 0 Å². The van der Waals surface area contributed by atoms with Crippen LogP contribution in [0.25, 0.3) is 11.1 Å². The number of hydrogen-bond donors (Lipinski definition) is 2. The molecule has 10 nitrogen and oxygen atoms in total. The number of carbonyl (C=O) groups is 4. The highest BCUT2D eigenvalue weighted by molar-refractivity contribution is 5.82. The van der Waals surface area contributed by atoms with Gasteiger partial charge in [0.25, 0.3) is 0 Å². The van der Waals surface area contributed by atoms with Gasteiger partial charge in [0.15, 0.2) is 0 Å². The van der Waals surface area contributed by atoms with Crippen molar-refractivity contribution in [3.05, 3.63) is 59.7 Å². The van der Waals surface area contributed by atoms with Crippen LogP contribution in [0, 0.1) is 0 Å². The van der Waals surface area contributed by atoms with Crippen molar-refractivity contribution in [3.8, 4) is 11.1 Å². The summed E-state index contributed by atoms with van der Waals surface area (Å²) in [6.45, 7) is 14.3. The summed E-state index contributed by atoms with van der Waals surface area (Å²) >= 11 is 0. The molecule has 2 aromatic rings. The highest BCUT2D eigenvalue weighted by Gasteiger charge is 2.27. The predicted molar refractivity (Wildman–Crippen MR) is 159 cm³/mol. The zero-order valence-corrected chi connectivity index (χ0v) is 25.9. The van der Waals surface area contributed by atoms with Gasteiger partial charge in [0.1, 0.15) is 23.3 Å². The summed E-state index contributed by atoms with van der Waals surface area (Å²) < 4.78 is 20.9. The number of carbonyl (C=O) groups excluding carboxylic acids is 4. The first kappa shape index (κ1) is 34.1. The van der Waals surface area contributed by atoms with Crippen molar-refractivity contribution < 1.29 is 38.1 Å². The van der Waals surface area contributed by atoms with Gasteiger partial charge in [0.05, 0.1) is 13.2 Å². The summed E-state index contributed by atoms with van der Waals surface area (Å²) in [5.74, 6) is -1.07. The first-order valence-electron chi connectivity index (χ1n) is 14.1. The van der Waals surface area contributed by atoms with Gasteiger partial charge >= 0.3 is 24.1 Å². The predicted octanol–water partition coefficient (Wildman–Crippen LogP) is 5.35. The molecule has 0 heterocycles. The molecule has 0 radical (unpaired) electrons. The smallest absolute Gasteiger partial charge is 0.408 e. The average Bonchev–Trinajstić information content (AvgIpc) is 2.87. The molecule has 0 fully saturated rings. The van der Waals surface area contributed by atoms with Gasteiger partial charge in [-0.3, -0.25) is 0 Å². The molecule has 2 N–H and O–H groups in total. The Morgan fingerprint density at radius 1 is 0.595 bits per heavy atom. The maximum Gasteiger partial charge on any atom is 0.408 e. The first-order chi connectivity index (χ1) is 19.6. The van der Waals surface area contributed by atoms with E-state index in [1.807, 2.05) is 48.5 Å². The van der Waals surface area contributed by atoms with Crippen LogP contribution in [0.15, 0.2) is 48.5 Å². The van der Waals surface area contributed by atoms with Crippen molar-refractivity contribution in [2.75, 3.05) is 13.2 Å². The van der Waals surface area contributed by atoms with E-state index in [0.29, 0.717) is 0 Å². The summed E-state index contributed by atoms with van der Waals surface area (Å²) in [7, 11) is 0. The molecule has 0 aromatic heterocycles. The number of amides is 2. The average molecular weight is 585 g/mol. The van der Waals surface area contributed by atoms with E-state index >= 15 is 0 Å². The van der Waals surface area contributed by atoms with E-state index in [1.165, 1.54) is 0 Å². The Morgan fingerprint density at radius 3 is 1.17 bits per heavy atom. The molecule has 2 rings (SSSR count). The number of hydrogen-bond acceptors (Lipinski definition) is 8. The standard InChI is InChI=1S/C32H44N2O8/c1-9-39-27(35)25(33-29(37)41-31(3,4)5)19-21-11-15-23(16-12-21)24-17-13-22(14-18-24)20-26(28(36)40-10-2)34-30(38)42-32(6,7)8/h11-18,25-26H,9-10,19-20H2,1-8H3,(H,33,37)(H,34,38). The van der Waals surface area contributed by atoms with E-state index in [-0.39, 0.29) is 26.1 Å². The van der Waals surface area contributed by atoms with Crippen molar-refractivity contribution in [2.45, 2.75) is 91.5 Å². The molecular formula is C32H44N2O8. The highest BCUT2D eigenvalue weighted by Crippen LogP contribution is 2.22. The number of nitrogens with one attached hydrogen (secondary N) is 2. The van der Waals surface area contributed by atoms with Gasteiger partial charge in [-0.05, 0) is 77.6 Å². The van der Waals surface area contributed by atoms with Crippen LogP contribution >= 0.6 is 0 Å². The fraction of sp³-hybridized carbons (Fsp3) is 0.500. The molecule has 0 bridgehead atoms. The van der Waals surface area contributed by atoms with Crippen molar-refractivity contribution in [1.82, 2.24) is 10.6 Å². The number of ether oxygens (including phenoxy) is 4. The van der Waals surface area contributed by atoms with Crippen LogP contribution in [-0.4, -0.2) is 60.6 Å². The lowest BCUT2D eigenvalue weighted by molar-refractivity contribution is -0.146. The van der Waals surface area contributed by atoms with Gasteiger partial charge in [-0.2, -0.15) is 0 Å². The molecule has 230 valence electrons. The van der Waals surface area contributed by atoms with Gasteiger partial charge in [0.2, 0.25) is 0 Å². The quantitative estimate of drug-likeness (QED) is 0.267. The summed E-state index contributed by atoms with van der Waals surface area (Å²) in [5, 5.41) is 5.22. The second-order valence-electron chi connectivity index (χ2n) is 11.7. The molecule has 10 heteroatoms. The van der Waals surface area contributed by atoms with Crippen LogP contribution in [0.1, 0.15) is 66.5 Å². The van der Waals surface area contributed by atoms with Crippen LogP contribution < -0.4 is 10.6 Å². The van der Waals surface area contributed by atoms with E-state index in [9.17, 15) is 19.2 Å². The lowest BCUT2D eigenvalue weighted by Crippen LogP contribution is -2.45. The number of esters is 2. The fourth-order valence-corrected chi connectivity index (χ4v) is 3.91. The normalized spacial score (nSPS) is 12.9.